The highest BCUT2D eigenvalue weighted by Gasteiger charge is 2.21. The largest absolute Gasteiger partial charge is 0.478 e. The van der Waals surface area contributed by atoms with Gasteiger partial charge in [-0.15, -0.1) is 5.10 Å². The van der Waals surface area contributed by atoms with Gasteiger partial charge in [0.05, 0.1) is 18.1 Å². The predicted molar refractivity (Wildman–Crippen MR) is 48.2 cm³/mol. The van der Waals surface area contributed by atoms with Gasteiger partial charge in [0.15, 0.2) is 11.6 Å². The van der Waals surface area contributed by atoms with Crippen molar-refractivity contribution in [2.75, 3.05) is 0 Å². The first-order valence-electron chi connectivity index (χ1n) is 4.19. The van der Waals surface area contributed by atoms with Gasteiger partial charge in [0.2, 0.25) is 0 Å². The molecule has 5 nitrogen and oxygen atoms in total. The average Bonchev–Trinajstić information content (AvgIpc) is 2.74. The second-order valence-corrected chi connectivity index (χ2v) is 2.91. The van der Waals surface area contributed by atoms with Gasteiger partial charge >= 0.3 is 5.97 Å². The molecule has 0 bridgehead atoms. The summed E-state index contributed by atoms with van der Waals surface area (Å²) in [6.07, 6.45) is 2.63. The van der Waals surface area contributed by atoms with Gasteiger partial charge in [0, 0.05) is 0 Å². The van der Waals surface area contributed by atoms with Crippen molar-refractivity contribution < 1.29 is 18.7 Å². The number of rotatable bonds is 2. The van der Waals surface area contributed by atoms with Gasteiger partial charge in [0.25, 0.3) is 0 Å². The molecule has 0 aliphatic carbocycles. The molecule has 0 radical (unpaired) electrons. The van der Waals surface area contributed by atoms with Crippen LogP contribution in [-0.4, -0.2) is 26.1 Å². The number of carbonyl (C=O) groups is 1. The van der Waals surface area contributed by atoms with E-state index in [1.54, 1.807) is 0 Å². The Labute approximate surface area is 87.9 Å². The number of aromatic carboxylic acids is 1. The van der Waals surface area contributed by atoms with Crippen molar-refractivity contribution in [2.45, 2.75) is 0 Å². The maximum atomic E-state index is 13.3. The van der Waals surface area contributed by atoms with Crippen LogP contribution in [-0.2, 0) is 0 Å². The molecule has 1 aromatic carbocycles. The average molecular weight is 225 g/mol. The van der Waals surface area contributed by atoms with Crippen LogP contribution in [0.25, 0.3) is 5.69 Å². The summed E-state index contributed by atoms with van der Waals surface area (Å²) in [7, 11) is 0. The molecule has 1 aromatic heterocycles. The lowest BCUT2D eigenvalue weighted by atomic mass is 10.1. The number of hydrogen-bond donors (Lipinski definition) is 1. The maximum Gasteiger partial charge on any atom is 0.341 e. The lowest BCUT2D eigenvalue weighted by Gasteiger charge is -2.06. The molecule has 16 heavy (non-hydrogen) atoms. The zero-order valence-electron chi connectivity index (χ0n) is 7.76. The Kier molecular flexibility index (Phi) is 2.35. The fraction of sp³-hybridized carbons (Fsp3) is 0. The highest BCUT2D eigenvalue weighted by Crippen LogP contribution is 2.19. The summed E-state index contributed by atoms with van der Waals surface area (Å²) in [5, 5.41) is 15.8. The molecule has 7 heteroatoms. The molecule has 0 atom stereocenters. The number of nitrogens with zero attached hydrogens (tertiary/aromatic N) is 3. The van der Waals surface area contributed by atoms with Crippen molar-refractivity contribution in [3.63, 3.8) is 0 Å². The molecule has 0 spiro atoms. The highest BCUT2D eigenvalue weighted by molar-refractivity contribution is 5.92. The van der Waals surface area contributed by atoms with Crippen LogP contribution in [0.1, 0.15) is 10.4 Å². The van der Waals surface area contributed by atoms with Gasteiger partial charge in [-0.2, -0.15) is 0 Å². The minimum absolute atomic E-state index is 0.0797. The second kappa shape index (κ2) is 3.69. The van der Waals surface area contributed by atoms with Crippen LogP contribution in [0.15, 0.2) is 24.5 Å². The van der Waals surface area contributed by atoms with Gasteiger partial charge in [-0.3, -0.25) is 0 Å². The van der Waals surface area contributed by atoms with Gasteiger partial charge < -0.3 is 5.11 Å². The zero-order chi connectivity index (χ0) is 11.7. The fourth-order valence-corrected chi connectivity index (χ4v) is 1.27. The summed E-state index contributed by atoms with van der Waals surface area (Å²) in [6.45, 7) is 0. The number of hydrogen-bond acceptors (Lipinski definition) is 3. The van der Waals surface area contributed by atoms with Crippen LogP contribution < -0.4 is 0 Å². The number of aromatic nitrogens is 3. The molecule has 1 heterocycles. The number of halogens is 2. The van der Waals surface area contributed by atoms with E-state index >= 15 is 0 Å². The first-order chi connectivity index (χ1) is 7.61. The van der Waals surface area contributed by atoms with Crippen LogP contribution in [0.4, 0.5) is 8.78 Å². The smallest absolute Gasteiger partial charge is 0.341 e. The summed E-state index contributed by atoms with van der Waals surface area (Å²) < 4.78 is 27.2. The maximum absolute atomic E-state index is 13.3. The van der Waals surface area contributed by atoms with E-state index in [2.05, 4.69) is 10.3 Å². The Morgan fingerprint density at radius 2 is 2.12 bits per heavy atom. The van der Waals surface area contributed by atoms with Gasteiger partial charge in [-0.25, -0.2) is 18.3 Å². The third-order valence-electron chi connectivity index (χ3n) is 1.96. The lowest BCUT2D eigenvalue weighted by molar-refractivity contribution is 0.0690. The predicted octanol–water partition coefficient (Wildman–Crippen LogP) is 1.24. The van der Waals surface area contributed by atoms with Gasteiger partial charge in [-0.05, 0) is 12.1 Å². The SMILES string of the molecule is O=C(O)c1c(-n2ccnn2)ccc(F)c1F. The van der Waals surface area contributed by atoms with Crippen LogP contribution in [0.3, 0.4) is 0 Å². The minimum atomic E-state index is -1.57. The lowest BCUT2D eigenvalue weighted by Crippen LogP contribution is -2.10. The van der Waals surface area contributed by atoms with Crippen LogP contribution in [0.5, 0.6) is 0 Å². The van der Waals surface area contributed by atoms with E-state index in [0.717, 1.165) is 16.8 Å². The molecule has 0 fully saturated rings. The molecule has 0 aliphatic heterocycles. The van der Waals surface area contributed by atoms with E-state index in [4.69, 9.17) is 5.11 Å². The topological polar surface area (TPSA) is 68.0 Å². The van der Waals surface area contributed by atoms with E-state index < -0.39 is 23.2 Å². The first-order valence-corrected chi connectivity index (χ1v) is 4.19. The Bertz CT molecular complexity index is 540. The number of carboxylic acids is 1. The van der Waals surface area contributed by atoms with Crippen molar-refractivity contribution in [3.8, 4) is 5.69 Å². The molecule has 0 saturated heterocycles. The van der Waals surface area contributed by atoms with E-state index in [0.29, 0.717) is 0 Å². The van der Waals surface area contributed by atoms with E-state index in [1.807, 2.05) is 0 Å². The molecule has 0 saturated carbocycles. The number of benzene rings is 1. The van der Waals surface area contributed by atoms with Gasteiger partial charge in [0.1, 0.15) is 5.56 Å². The summed E-state index contributed by atoms with van der Waals surface area (Å²) >= 11 is 0. The Balaban J connectivity index is 2.71. The van der Waals surface area contributed by atoms with Crippen LogP contribution in [0, 0.1) is 11.6 Å². The van der Waals surface area contributed by atoms with E-state index in [1.165, 1.54) is 12.4 Å². The van der Waals surface area contributed by atoms with Crippen LogP contribution in [0.2, 0.25) is 0 Å². The summed E-state index contributed by atoms with van der Waals surface area (Å²) in [6, 6.07) is 1.95. The van der Waals surface area contributed by atoms with Gasteiger partial charge in [-0.1, -0.05) is 5.21 Å². The summed E-state index contributed by atoms with van der Waals surface area (Å²) in [4.78, 5) is 10.8. The zero-order valence-corrected chi connectivity index (χ0v) is 7.76. The number of carboxylic acid groups (broad SMARTS) is 1. The molecule has 2 aromatic rings. The molecule has 0 aliphatic rings. The molecule has 82 valence electrons. The second-order valence-electron chi connectivity index (χ2n) is 2.91. The van der Waals surface area contributed by atoms with Crippen molar-refractivity contribution >= 4 is 5.97 Å². The standard InChI is InChI=1S/C9H5F2N3O2/c10-5-1-2-6(14-4-3-12-13-14)7(8(5)11)9(15)16/h1-4H,(H,15,16). The summed E-state index contributed by atoms with van der Waals surface area (Å²) in [5.41, 5.74) is -0.852. The van der Waals surface area contributed by atoms with Crippen LogP contribution >= 0.6 is 0 Å². The van der Waals surface area contributed by atoms with Crippen molar-refractivity contribution in [1.29, 1.82) is 0 Å². The highest BCUT2D eigenvalue weighted by atomic mass is 19.2. The molecule has 0 amide bonds. The van der Waals surface area contributed by atoms with Crippen molar-refractivity contribution in [2.24, 2.45) is 0 Å². The first kappa shape index (κ1) is 10.2. The van der Waals surface area contributed by atoms with Crippen molar-refractivity contribution in [1.82, 2.24) is 15.0 Å². The van der Waals surface area contributed by atoms with E-state index in [9.17, 15) is 13.6 Å². The summed E-state index contributed by atoms with van der Waals surface area (Å²) in [5.74, 6) is -4.20. The quantitative estimate of drug-likeness (QED) is 0.834. The Morgan fingerprint density at radius 3 is 2.69 bits per heavy atom. The molecule has 2 rings (SSSR count). The minimum Gasteiger partial charge on any atom is -0.478 e. The fourth-order valence-electron chi connectivity index (χ4n) is 1.27. The third-order valence-corrected chi connectivity index (χ3v) is 1.96. The molecule has 1 N–H and O–H groups in total. The Morgan fingerprint density at radius 1 is 1.38 bits per heavy atom. The third kappa shape index (κ3) is 1.52. The van der Waals surface area contributed by atoms with Crippen molar-refractivity contribution in [3.05, 3.63) is 41.7 Å². The normalized spacial score (nSPS) is 10.4. The van der Waals surface area contributed by atoms with E-state index in [-0.39, 0.29) is 5.69 Å². The molecule has 0 unspecified atom stereocenters. The Hall–Kier alpha value is -2.31. The molecular weight excluding hydrogens is 220 g/mol. The molecular formula is C9H5F2N3O2. The monoisotopic (exact) mass is 225 g/mol.